The van der Waals surface area contributed by atoms with Gasteiger partial charge < -0.3 is 4.90 Å². The summed E-state index contributed by atoms with van der Waals surface area (Å²) in [6, 6.07) is 8.65. The van der Waals surface area contributed by atoms with Crippen LogP contribution in [-0.4, -0.2) is 27.3 Å². The average Bonchev–Trinajstić information content (AvgIpc) is 2.46. The van der Waals surface area contributed by atoms with Crippen molar-refractivity contribution >= 4 is 29.1 Å². The predicted molar refractivity (Wildman–Crippen MR) is 86.8 cm³/mol. The fourth-order valence-electron chi connectivity index (χ4n) is 1.93. The van der Waals surface area contributed by atoms with Crippen molar-refractivity contribution in [2.75, 3.05) is 6.54 Å². The van der Waals surface area contributed by atoms with Crippen LogP contribution in [0.2, 0.25) is 10.3 Å². The molecule has 6 heteroatoms. The molecule has 0 aliphatic carbocycles. The largest absolute Gasteiger partial charge is 0.322 e. The van der Waals surface area contributed by atoms with E-state index in [1.807, 2.05) is 25.1 Å². The van der Waals surface area contributed by atoms with Gasteiger partial charge in [0.15, 0.2) is 0 Å². The quantitative estimate of drug-likeness (QED) is 0.636. The maximum atomic E-state index is 12.6. The summed E-state index contributed by atoms with van der Waals surface area (Å²) in [7, 11) is 0. The number of aryl methyl sites for hydroxylation is 1. The standard InChI is InChI=1S/C16H13Cl2N3O/c1-3-9-21(10-12-6-4-5-11(2)19-12)16(22)13-7-8-14(17)20-15(13)18/h1,4-8H,9-10H2,2H3. The summed E-state index contributed by atoms with van der Waals surface area (Å²) in [6.07, 6.45) is 5.36. The van der Waals surface area contributed by atoms with Gasteiger partial charge in [0.25, 0.3) is 5.91 Å². The van der Waals surface area contributed by atoms with Crippen molar-refractivity contribution in [1.29, 1.82) is 0 Å². The van der Waals surface area contributed by atoms with Crippen LogP contribution in [0.5, 0.6) is 0 Å². The SMILES string of the molecule is C#CCN(Cc1cccc(C)n1)C(=O)c1ccc(Cl)nc1Cl. The van der Waals surface area contributed by atoms with Gasteiger partial charge in [-0.3, -0.25) is 9.78 Å². The smallest absolute Gasteiger partial charge is 0.258 e. The van der Waals surface area contributed by atoms with Crippen molar-refractivity contribution in [2.24, 2.45) is 0 Å². The first-order valence-corrected chi connectivity index (χ1v) is 7.24. The number of terminal acetylenes is 1. The van der Waals surface area contributed by atoms with E-state index in [-0.39, 0.29) is 28.3 Å². The first-order chi connectivity index (χ1) is 10.5. The lowest BCUT2D eigenvalue weighted by Crippen LogP contribution is -2.31. The second-order valence-electron chi connectivity index (χ2n) is 4.61. The second kappa shape index (κ2) is 7.26. The molecule has 0 aliphatic heterocycles. The minimum Gasteiger partial charge on any atom is -0.322 e. The Hall–Kier alpha value is -2.09. The minimum absolute atomic E-state index is 0.0525. The first-order valence-electron chi connectivity index (χ1n) is 6.48. The third-order valence-corrected chi connectivity index (χ3v) is 3.41. The molecule has 112 valence electrons. The number of hydrogen-bond acceptors (Lipinski definition) is 3. The van der Waals surface area contributed by atoms with Gasteiger partial charge in [0.1, 0.15) is 10.3 Å². The van der Waals surface area contributed by atoms with Crippen LogP contribution in [0.25, 0.3) is 0 Å². The van der Waals surface area contributed by atoms with E-state index in [1.54, 1.807) is 0 Å². The van der Waals surface area contributed by atoms with Crippen LogP contribution in [0, 0.1) is 19.3 Å². The van der Waals surface area contributed by atoms with Crippen molar-refractivity contribution in [2.45, 2.75) is 13.5 Å². The Morgan fingerprint density at radius 2 is 2.05 bits per heavy atom. The minimum atomic E-state index is -0.310. The Morgan fingerprint density at radius 3 is 2.68 bits per heavy atom. The molecular formula is C16H13Cl2N3O. The van der Waals surface area contributed by atoms with Crippen molar-refractivity contribution in [1.82, 2.24) is 14.9 Å². The molecule has 22 heavy (non-hydrogen) atoms. The monoisotopic (exact) mass is 333 g/mol. The summed E-state index contributed by atoms with van der Waals surface area (Å²) in [5.74, 6) is 2.16. The van der Waals surface area contributed by atoms with Crippen LogP contribution >= 0.6 is 23.2 Å². The zero-order chi connectivity index (χ0) is 16.1. The van der Waals surface area contributed by atoms with Crippen LogP contribution < -0.4 is 0 Å². The maximum Gasteiger partial charge on any atom is 0.258 e. The van der Waals surface area contributed by atoms with E-state index in [0.717, 1.165) is 11.4 Å². The molecule has 2 heterocycles. The van der Waals surface area contributed by atoms with Crippen molar-refractivity contribution in [3.8, 4) is 12.3 Å². The topological polar surface area (TPSA) is 46.1 Å². The summed E-state index contributed by atoms with van der Waals surface area (Å²) in [4.78, 5) is 22.3. The molecule has 2 rings (SSSR count). The van der Waals surface area contributed by atoms with Crippen molar-refractivity contribution in [3.63, 3.8) is 0 Å². The van der Waals surface area contributed by atoms with E-state index < -0.39 is 0 Å². The van der Waals surface area contributed by atoms with Crippen LogP contribution in [-0.2, 0) is 6.54 Å². The summed E-state index contributed by atoms with van der Waals surface area (Å²) < 4.78 is 0. The van der Waals surface area contributed by atoms with Gasteiger partial charge in [-0.25, -0.2) is 4.98 Å². The lowest BCUT2D eigenvalue weighted by molar-refractivity contribution is 0.0763. The average molecular weight is 334 g/mol. The van der Waals surface area contributed by atoms with E-state index in [9.17, 15) is 4.79 Å². The molecule has 0 fully saturated rings. The Kier molecular flexibility index (Phi) is 5.37. The van der Waals surface area contributed by atoms with Crippen LogP contribution in [0.1, 0.15) is 21.7 Å². The summed E-state index contributed by atoms with van der Waals surface area (Å²) >= 11 is 11.7. The number of pyridine rings is 2. The molecule has 0 radical (unpaired) electrons. The van der Waals surface area contributed by atoms with E-state index >= 15 is 0 Å². The van der Waals surface area contributed by atoms with Gasteiger partial charge in [-0.1, -0.05) is 35.2 Å². The highest BCUT2D eigenvalue weighted by atomic mass is 35.5. The number of rotatable bonds is 4. The van der Waals surface area contributed by atoms with Gasteiger partial charge in [0.2, 0.25) is 0 Å². The molecule has 2 aromatic heterocycles. The van der Waals surface area contributed by atoms with Crippen LogP contribution in [0.15, 0.2) is 30.3 Å². The van der Waals surface area contributed by atoms with Gasteiger partial charge >= 0.3 is 0 Å². The third-order valence-electron chi connectivity index (χ3n) is 2.91. The number of nitrogens with zero attached hydrogens (tertiary/aromatic N) is 3. The predicted octanol–water partition coefficient (Wildman–Crippen LogP) is 3.37. The molecule has 0 bridgehead atoms. The van der Waals surface area contributed by atoms with Gasteiger partial charge in [-0.15, -0.1) is 6.42 Å². The molecule has 0 spiro atoms. The second-order valence-corrected chi connectivity index (χ2v) is 5.35. The highest BCUT2D eigenvalue weighted by Crippen LogP contribution is 2.19. The molecule has 0 aliphatic rings. The van der Waals surface area contributed by atoms with E-state index in [2.05, 4.69) is 15.9 Å². The molecule has 0 N–H and O–H groups in total. The number of hydrogen-bond donors (Lipinski definition) is 0. The lowest BCUT2D eigenvalue weighted by atomic mass is 10.2. The van der Waals surface area contributed by atoms with Crippen LogP contribution in [0.3, 0.4) is 0 Å². The Morgan fingerprint density at radius 1 is 1.27 bits per heavy atom. The van der Waals surface area contributed by atoms with Gasteiger partial charge in [0, 0.05) is 5.69 Å². The van der Waals surface area contributed by atoms with Crippen molar-refractivity contribution in [3.05, 3.63) is 57.6 Å². The van der Waals surface area contributed by atoms with Gasteiger partial charge in [-0.05, 0) is 31.2 Å². The summed E-state index contributed by atoms with van der Waals surface area (Å²) in [5, 5.41) is 0.280. The van der Waals surface area contributed by atoms with Crippen LogP contribution in [0.4, 0.5) is 0 Å². The number of halogens is 2. The van der Waals surface area contributed by atoms with E-state index in [4.69, 9.17) is 29.6 Å². The fraction of sp³-hybridized carbons (Fsp3) is 0.188. The molecule has 0 unspecified atom stereocenters. The number of amides is 1. The maximum absolute atomic E-state index is 12.6. The highest BCUT2D eigenvalue weighted by molar-refractivity contribution is 6.34. The Bertz CT molecular complexity index is 740. The molecule has 0 atom stereocenters. The first kappa shape index (κ1) is 16.3. The number of carbonyl (C=O) groups is 1. The molecule has 4 nitrogen and oxygen atoms in total. The molecule has 1 amide bonds. The Labute approximate surface area is 139 Å². The zero-order valence-electron chi connectivity index (χ0n) is 11.9. The fourth-order valence-corrected chi connectivity index (χ4v) is 2.36. The van der Waals surface area contributed by atoms with E-state index in [1.165, 1.54) is 17.0 Å². The molecule has 0 aromatic carbocycles. The van der Waals surface area contributed by atoms with E-state index in [0.29, 0.717) is 6.54 Å². The van der Waals surface area contributed by atoms with Gasteiger partial charge in [0.05, 0.1) is 24.3 Å². The Balaban J connectivity index is 2.27. The highest BCUT2D eigenvalue weighted by Gasteiger charge is 2.19. The summed E-state index contributed by atoms with van der Waals surface area (Å²) in [5.41, 5.74) is 1.88. The molecule has 0 saturated heterocycles. The van der Waals surface area contributed by atoms with Crippen molar-refractivity contribution < 1.29 is 4.79 Å². The normalized spacial score (nSPS) is 10.1. The number of aromatic nitrogens is 2. The van der Waals surface area contributed by atoms with Gasteiger partial charge in [-0.2, -0.15) is 0 Å². The zero-order valence-corrected chi connectivity index (χ0v) is 13.4. The third kappa shape index (κ3) is 3.97. The lowest BCUT2D eigenvalue weighted by Gasteiger charge is -2.20. The molecule has 2 aromatic rings. The molecular weight excluding hydrogens is 321 g/mol. The number of carbonyl (C=O) groups excluding carboxylic acids is 1. The molecule has 0 saturated carbocycles. The summed E-state index contributed by atoms with van der Waals surface area (Å²) in [6.45, 7) is 2.33.